The van der Waals surface area contributed by atoms with Gasteiger partial charge >= 0.3 is 0 Å². The lowest BCUT2D eigenvalue weighted by molar-refractivity contribution is -0.0178. The van der Waals surface area contributed by atoms with Gasteiger partial charge in [0.05, 0.1) is 25.4 Å². The van der Waals surface area contributed by atoms with Crippen LogP contribution in [-0.2, 0) is 9.47 Å². The van der Waals surface area contributed by atoms with E-state index in [1.54, 1.807) is 0 Å². The monoisotopic (exact) mass is 257 g/mol. The van der Waals surface area contributed by atoms with Gasteiger partial charge in [-0.25, -0.2) is 0 Å². The van der Waals surface area contributed by atoms with Gasteiger partial charge in [0.1, 0.15) is 0 Å². The Morgan fingerprint density at radius 2 is 2.17 bits per heavy atom. The minimum absolute atomic E-state index is 0.232. The van der Waals surface area contributed by atoms with E-state index in [0.717, 1.165) is 19.4 Å². The maximum atomic E-state index is 9.87. The van der Waals surface area contributed by atoms with Gasteiger partial charge in [0.25, 0.3) is 0 Å². The number of aliphatic hydroxyl groups excluding tert-OH is 1. The van der Waals surface area contributed by atoms with Crippen molar-refractivity contribution >= 4 is 0 Å². The van der Waals surface area contributed by atoms with E-state index < -0.39 is 6.10 Å². The van der Waals surface area contributed by atoms with Crippen molar-refractivity contribution in [2.24, 2.45) is 0 Å². The number of β-amino-alcohol motifs (C(OH)–C–C–N with tert-alkyl or cyclic N) is 1. The Balaban J connectivity index is 1.53. The summed E-state index contributed by atoms with van der Waals surface area (Å²) in [6, 6.07) is 0. The first-order valence-electron chi connectivity index (χ1n) is 7.30. The van der Waals surface area contributed by atoms with E-state index in [2.05, 4.69) is 12.2 Å². The highest BCUT2D eigenvalue weighted by Gasteiger charge is 2.28. The summed E-state index contributed by atoms with van der Waals surface area (Å²) >= 11 is 0. The third-order valence-corrected chi connectivity index (χ3v) is 4.11. The molecule has 0 amide bonds. The first-order chi connectivity index (χ1) is 8.68. The molecule has 2 rings (SSSR count). The minimum Gasteiger partial charge on any atom is -0.389 e. The normalized spacial score (nSPS) is 28.7. The van der Waals surface area contributed by atoms with Crippen LogP contribution < -0.4 is 5.32 Å². The summed E-state index contributed by atoms with van der Waals surface area (Å²) in [5, 5.41) is 13.3. The predicted octanol–water partition coefficient (Wildman–Crippen LogP) is 1.47. The van der Waals surface area contributed by atoms with Crippen LogP contribution in [-0.4, -0.2) is 49.2 Å². The fraction of sp³-hybridized carbons (Fsp3) is 1.00. The molecule has 18 heavy (non-hydrogen) atoms. The van der Waals surface area contributed by atoms with Gasteiger partial charge < -0.3 is 19.9 Å². The van der Waals surface area contributed by atoms with Crippen molar-refractivity contribution in [1.29, 1.82) is 0 Å². The van der Waals surface area contributed by atoms with Crippen LogP contribution in [0.25, 0.3) is 0 Å². The Morgan fingerprint density at radius 3 is 2.83 bits per heavy atom. The molecule has 2 fully saturated rings. The first-order valence-corrected chi connectivity index (χ1v) is 7.30. The quantitative estimate of drug-likeness (QED) is 0.725. The molecule has 1 aliphatic carbocycles. The van der Waals surface area contributed by atoms with Crippen LogP contribution >= 0.6 is 0 Å². The molecule has 4 heteroatoms. The third-order valence-electron chi connectivity index (χ3n) is 4.11. The summed E-state index contributed by atoms with van der Waals surface area (Å²) in [5.41, 5.74) is 0.232. The fourth-order valence-electron chi connectivity index (χ4n) is 2.87. The summed E-state index contributed by atoms with van der Waals surface area (Å²) in [6.45, 7) is 4.76. The Hall–Kier alpha value is -0.160. The van der Waals surface area contributed by atoms with Crippen LogP contribution in [0.2, 0.25) is 0 Å². The third kappa shape index (κ3) is 4.50. The first kappa shape index (κ1) is 14.3. The second-order valence-corrected chi connectivity index (χ2v) is 5.97. The average molecular weight is 257 g/mol. The summed E-state index contributed by atoms with van der Waals surface area (Å²) in [4.78, 5) is 0. The van der Waals surface area contributed by atoms with E-state index in [0.29, 0.717) is 19.8 Å². The standard InChI is InChI=1S/C14H27NO3/c1-14(6-2-3-7-14)15-9-12(16)10-17-11-13-5-4-8-18-13/h12-13,15-16H,2-11H2,1H3. The maximum Gasteiger partial charge on any atom is 0.0897 e. The predicted molar refractivity (Wildman–Crippen MR) is 70.7 cm³/mol. The van der Waals surface area contributed by atoms with Gasteiger partial charge in [-0.05, 0) is 32.6 Å². The molecule has 0 radical (unpaired) electrons. The summed E-state index contributed by atoms with van der Waals surface area (Å²) in [7, 11) is 0. The highest BCUT2D eigenvalue weighted by Crippen LogP contribution is 2.28. The highest BCUT2D eigenvalue weighted by atomic mass is 16.5. The molecule has 2 N–H and O–H groups in total. The molecule has 0 aromatic carbocycles. The Bertz CT molecular complexity index is 235. The number of hydrogen-bond donors (Lipinski definition) is 2. The second kappa shape index (κ2) is 6.85. The van der Waals surface area contributed by atoms with Gasteiger partial charge in [-0.2, -0.15) is 0 Å². The zero-order valence-electron chi connectivity index (χ0n) is 11.5. The van der Waals surface area contributed by atoms with E-state index >= 15 is 0 Å². The number of hydrogen-bond acceptors (Lipinski definition) is 4. The largest absolute Gasteiger partial charge is 0.389 e. The van der Waals surface area contributed by atoms with E-state index in [4.69, 9.17) is 9.47 Å². The van der Waals surface area contributed by atoms with Crippen LogP contribution in [0.4, 0.5) is 0 Å². The zero-order valence-corrected chi connectivity index (χ0v) is 11.5. The van der Waals surface area contributed by atoms with E-state index in [-0.39, 0.29) is 11.6 Å². The number of aliphatic hydroxyl groups is 1. The Labute approximate surface area is 110 Å². The Kier molecular flexibility index (Phi) is 5.42. The van der Waals surface area contributed by atoms with E-state index in [9.17, 15) is 5.11 Å². The molecule has 1 aliphatic heterocycles. The van der Waals surface area contributed by atoms with Gasteiger partial charge in [0.15, 0.2) is 0 Å². The topological polar surface area (TPSA) is 50.7 Å². The molecule has 1 saturated carbocycles. The average Bonchev–Trinajstić information content (AvgIpc) is 2.99. The van der Waals surface area contributed by atoms with Crippen molar-refractivity contribution in [2.75, 3.05) is 26.4 Å². The molecule has 2 atom stereocenters. The van der Waals surface area contributed by atoms with Crippen LogP contribution in [0.3, 0.4) is 0 Å². The second-order valence-electron chi connectivity index (χ2n) is 5.97. The SMILES string of the molecule is CC1(NCC(O)COCC2CCCO2)CCCC1. The van der Waals surface area contributed by atoms with Gasteiger partial charge in [-0.15, -0.1) is 0 Å². The molecule has 106 valence electrons. The Morgan fingerprint density at radius 1 is 1.39 bits per heavy atom. The summed E-state index contributed by atoms with van der Waals surface area (Å²) < 4.78 is 11.0. The minimum atomic E-state index is -0.413. The molecular formula is C14H27NO3. The highest BCUT2D eigenvalue weighted by molar-refractivity contribution is 4.88. The van der Waals surface area contributed by atoms with Crippen LogP contribution in [0.1, 0.15) is 45.4 Å². The van der Waals surface area contributed by atoms with Crippen LogP contribution in [0, 0.1) is 0 Å². The van der Waals surface area contributed by atoms with Gasteiger partial charge in [0, 0.05) is 18.7 Å². The smallest absolute Gasteiger partial charge is 0.0897 e. The molecule has 0 aromatic rings. The molecular weight excluding hydrogens is 230 g/mol. The van der Waals surface area contributed by atoms with Crippen molar-refractivity contribution < 1.29 is 14.6 Å². The van der Waals surface area contributed by atoms with E-state index in [1.807, 2.05) is 0 Å². The molecule has 0 spiro atoms. The summed E-state index contributed by atoms with van der Waals surface area (Å²) in [6.07, 6.45) is 7.10. The van der Waals surface area contributed by atoms with Crippen molar-refractivity contribution in [2.45, 2.75) is 63.2 Å². The van der Waals surface area contributed by atoms with Crippen molar-refractivity contribution in [3.05, 3.63) is 0 Å². The summed E-state index contributed by atoms with van der Waals surface area (Å²) in [5.74, 6) is 0. The fourth-order valence-corrected chi connectivity index (χ4v) is 2.87. The van der Waals surface area contributed by atoms with Crippen LogP contribution in [0.5, 0.6) is 0 Å². The number of nitrogens with one attached hydrogen (secondary N) is 1. The maximum absolute atomic E-state index is 9.87. The lowest BCUT2D eigenvalue weighted by Gasteiger charge is -2.27. The molecule has 0 bridgehead atoms. The molecule has 2 aliphatic rings. The zero-order chi connectivity index (χ0) is 12.8. The molecule has 1 heterocycles. The lowest BCUT2D eigenvalue weighted by Crippen LogP contribution is -2.44. The van der Waals surface area contributed by atoms with Gasteiger partial charge in [0.2, 0.25) is 0 Å². The van der Waals surface area contributed by atoms with Crippen molar-refractivity contribution in [1.82, 2.24) is 5.32 Å². The number of rotatable bonds is 7. The lowest BCUT2D eigenvalue weighted by atomic mass is 10.0. The molecule has 1 saturated heterocycles. The number of ether oxygens (including phenoxy) is 2. The van der Waals surface area contributed by atoms with Gasteiger partial charge in [-0.1, -0.05) is 12.8 Å². The van der Waals surface area contributed by atoms with Crippen molar-refractivity contribution in [3.8, 4) is 0 Å². The van der Waals surface area contributed by atoms with E-state index in [1.165, 1.54) is 25.7 Å². The van der Waals surface area contributed by atoms with Crippen molar-refractivity contribution in [3.63, 3.8) is 0 Å². The van der Waals surface area contributed by atoms with Crippen LogP contribution in [0.15, 0.2) is 0 Å². The molecule has 4 nitrogen and oxygen atoms in total. The molecule has 0 aromatic heterocycles. The van der Waals surface area contributed by atoms with Gasteiger partial charge in [-0.3, -0.25) is 0 Å². The molecule has 2 unspecified atom stereocenters.